The van der Waals surface area contributed by atoms with Crippen LogP contribution in [0.2, 0.25) is 0 Å². The van der Waals surface area contributed by atoms with Gasteiger partial charge in [-0.3, -0.25) is 9.59 Å². The van der Waals surface area contributed by atoms with Gasteiger partial charge in [-0.1, -0.05) is 12.1 Å². The van der Waals surface area contributed by atoms with E-state index in [-0.39, 0.29) is 31.2 Å². The average molecular weight is 465 g/mol. The molecule has 1 aromatic heterocycles. The zero-order valence-corrected chi connectivity index (χ0v) is 19.1. The number of H-pyrrole nitrogens is 1. The molecule has 1 atom stereocenters. The van der Waals surface area contributed by atoms with E-state index in [4.69, 9.17) is 14.7 Å². The van der Waals surface area contributed by atoms with Crippen molar-refractivity contribution in [2.24, 2.45) is 0 Å². The summed E-state index contributed by atoms with van der Waals surface area (Å²) in [5.74, 6) is 0.664. The molecule has 0 radical (unpaired) electrons. The highest BCUT2D eigenvalue weighted by molar-refractivity contribution is 5.80. The standard InChI is InChI=1S/C25H28N4O5/c1-25(2,28-13-19(30)14-34-22-6-4-3-5-18(22)12-26)16-27-24(32)15-33-20-8-9-21-17(11-20)7-10-23(31)29-21/h3-11,19,28,30H,13-16H2,1-2H3,(H,27,32)(H,29,31). The summed E-state index contributed by atoms with van der Waals surface area (Å²) >= 11 is 0. The molecule has 0 aliphatic heterocycles. The van der Waals surface area contributed by atoms with Crippen molar-refractivity contribution in [3.05, 3.63) is 70.5 Å². The Labute approximate surface area is 197 Å². The van der Waals surface area contributed by atoms with Gasteiger partial charge in [-0.05, 0) is 50.2 Å². The van der Waals surface area contributed by atoms with Crippen molar-refractivity contribution in [2.45, 2.75) is 25.5 Å². The maximum absolute atomic E-state index is 12.2. The van der Waals surface area contributed by atoms with Gasteiger partial charge in [0, 0.05) is 35.6 Å². The first kappa shape index (κ1) is 24.8. The lowest BCUT2D eigenvalue weighted by Crippen LogP contribution is -2.52. The Balaban J connectivity index is 1.39. The van der Waals surface area contributed by atoms with Crippen LogP contribution in [0.1, 0.15) is 19.4 Å². The van der Waals surface area contributed by atoms with Gasteiger partial charge < -0.3 is 30.2 Å². The van der Waals surface area contributed by atoms with E-state index in [1.54, 1.807) is 48.5 Å². The Bertz CT molecular complexity index is 1230. The molecule has 0 spiro atoms. The molecule has 0 saturated carbocycles. The molecule has 0 bridgehead atoms. The van der Waals surface area contributed by atoms with E-state index in [1.165, 1.54) is 6.07 Å². The van der Waals surface area contributed by atoms with Crippen molar-refractivity contribution < 1.29 is 19.4 Å². The first-order valence-corrected chi connectivity index (χ1v) is 10.8. The molecule has 0 saturated heterocycles. The largest absolute Gasteiger partial charge is 0.489 e. The topological polar surface area (TPSA) is 136 Å². The highest BCUT2D eigenvalue weighted by atomic mass is 16.5. The zero-order valence-electron chi connectivity index (χ0n) is 19.1. The van der Waals surface area contributed by atoms with Crippen LogP contribution in [-0.2, 0) is 4.79 Å². The van der Waals surface area contributed by atoms with Crippen molar-refractivity contribution in [3.8, 4) is 17.6 Å². The first-order valence-electron chi connectivity index (χ1n) is 10.8. The highest BCUT2D eigenvalue weighted by Crippen LogP contribution is 2.18. The van der Waals surface area contributed by atoms with E-state index in [2.05, 4.69) is 15.6 Å². The van der Waals surface area contributed by atoms with Crippen molar-refractivity contribution in [1.29, 1.82) is 5.26 Å². The Kier molecular flexibility index (Phi) is 8.24. The molecule has 0 fully saturated rings. The quantitative estimate of drug-likeness (QED) is 0.339. The third-order valence-electron chi connectivity index (χ3n) is 5.05. The lowest BCUT2D eigenvalue weighted by atomic mass is 10.1. The van der Waals surface area contributed by atoms with Gasteiger partial charge in [0.05, 0.1) is 5.56 Å². The molecule has 0 aliphatic carbocycles. The summed E-state index contributed by atoms with van der Waals surface area (Å²) in [6, 6.07) is 17.2. The fraction of sp³-hybridized carbons (Fsp3) is 0.320. The molecule has 1 unspecified atom stereocenters. The second-order valence-corrected chi connectivity index (χ2v) is 8.47. The summed E-state index contributed by atoms with van der Waals surface area (Å²) in [5, 5.41) is 26.1. The molecule has 34 heavy (non-hydrogen) atoms. The first-order chi connectivity index (χ1) is 16.3. The number of benzene rings is 2. The molecule has 178 valence electrons. The maximum atomic E-state index is 12.2. The predicted molar refractivity (Wildman–Crippen MR) is 128 cm³/mol. The fourth-order valence-corrected chi connectivity index (χ4v) is 3.13. The molecule has 3 rings (SSSR count). The number of aromatic nitrogens is 1. The van der Waals surface area contributed by atoms with Crippen molar-refractivity contribution in [3.63, 3.8) is 0 Å². The molecule has 9 heteroatoms. The summed E-state index contributed by atoms with van der Waals surface area (Å²) < 4.78 is 11.1. The van der Waals surface area contributed by atoms with E-state index in [9.17, 15) is 14.7 Å². The van der Waals surface area contributed by atoms with Gasteiger partial charge in [-0.2, -0.15) is 5.26 Å². The number of aliphatic hydroxyl groups excluding tert-OH is 1. The fourth-order valence-electron chi connectivity index (χ4n) is 3.13. The molecule has 4 N–H and O–H groups in total. The van der Waals surface area contributed by atoms with Crippen LogP contribution in [0.15, 0.2) is 59.4 Å². The van der Waals surface area contributed by atoms with E-state index in [0.29, 0.717) is 29.1 Å². The van der Waals surface area contributed by atoms with Crippen LogP contribution in [-0.4, -0.2) is 53.9 Å². The molecule has 9 nitrogen and oxygen atoms in total. The summed E-state index contributed by atoms with van der Waals surface area (Å²) in [7, 11) is 0. The smallest absolute Gasteiger partial charge is 0.258 e. The number of hydrogen-bond acceptors (Lipinski definition) is 7. The van der Waals surface area contributed by atoms with Gasteiger partial charge in [0.15, 0.2) is 6.61 Å². The van der Waals surface area contributed by atoms with Crippen molar-refractivity contribution in [1.82, 2.24) is 15.6 Å². The zero-order chi connectivity index (χ0) is 24.6. The highest BCUT2D eigenvalue weighted by Gasteiger charge is 2.20. The maximum Gasteiger partial charge on any atom is 0.258 e. The van der Waals surface area contributed by atoms with Crippen LogP contribution >= 0.6 is 0 Å². The number of aromatic amines is 1. The van der Waals surface area contributed by atoms with Crippen molar-refractivity contribution in [2.75, 3.05) is 26.3 Å². The van der Waals surface area contributed by atoms with Gasteiger partial charge in [-0.25, -0.2) is 0 Å². The van der Waals surface area contributed by atoms with E-state index in [1.807, 2.05) is 19.9 Å². The lowest BCUT2D eigenvalue weighted by Gasteiger charge is -2.28. The minimum Gasteiger partial charge on any atom is -0.489 e. The van der Waals surface area contributed by atoms with Gasteiger partial charge in [0.25, 0.3) is 5.91 Å². The van der Waals surface area contributed by atoms with Crippen molar-refractivity contribution >= 4 is 16.8 Å². The average Bonchev–Trinajstić information content (AvgIpc) is 2.84. The second kappa shape index (κ2) is 11.3. The van der Waals surface area contributed by atoms with E-state index < -0.39 is 11.6 Å². The number of nitrogens with zero attached hydrogens (tertiary/aromatic N) is 1. The minimum atomic E-state index is -0.798. The van der Waals surface area contributed by atoms with Gasteiger partial charge in [0.1, 0.15) is 30.3 Å². The number of β-amino-alcohol motifs (C(OH)–C–C–N with tert-alkyl or cyclic N) is 1. The summed E-state index contributed by atoms with van der Waals surface area (Å²) in [6.07, 6.45) is -0.798. The second-order valence-electron chi connectivity index (χ2n) is 8.47. The monoisotopic (exact) mass is 464 g/mol. The molecule has 3 aromatic rings. The van der Waals surface area contributed by atoms with Crippen LogP contribution in [0.5, 0.6) is 11.5 Å². The van der Waals surface area contributed by atoms with Gasteiger partial charge in [-0.15, -0.1) is 0 Å². The summed E-state index contributed by atoms with van der Waals surface area (Å²) in [5.41, 5.74) is 0.433. The Hall–Kier alpha value is -3.87. The Morgan fingerprint density at radius 3 is 2.76 bits per heavy atom. The van der Waals surface area contributed by atoms with Gasteiger partial charge in [0.2, 0.25) is 5.56 Å². The SMILES string of the molecule is CC(C)(CNC(=O)COc1ccc2[nH]c(=O)ccc2c1)NCC(O)COc1ccccc1C#N. The molecular weight excluding hydrogens is 436 g/mol. The summed E-state index contributed by atoms with van der Waals surface area (Å²) in [4.78, 5) is 26.3. The molecule has 1 amide bonds. The van der Waals surface area contributed by atoms with Crippen LogP contribution in [0.3, 0.4) is 0 Å². The number of nitriles is 1. The minimum absolute atomic E-state index is 0.0294. The van der Waals surface area contributed by atoms with Crippen LogP contribution in [0.25, 0.3) is 10.9 Å². The molecule has 2 aromatic carbocycles. The Morgan fingerprint density at radius 2 is 1.97 bits per heavy atom. The van der Waals surface area contributed by atoms with E-state index >= 15 is 0 Å². The summed E-state index contributed by atoms with van der Waals surface area (Å²) in [6.45, 7) is 4.24. The number of carbonyl (C=O) groups is 1. The molecule has 0 aliphatic rings. The number of fused-ring (bicyclic) bond motifs is 1. The number of aliphatic hydroxyl groups is 1. The van der Waals surface area contributed by atoms with Gasteiger partial charge >= 0.3 is 0 Å². The third-order valence-corrected chi connectivity index (χ3v) is 5.05. The number of rotatable bonds is 11. The van der Waals surface area contributed by atoms with E-state index in [0.717, 1.165) is 5.39 Å². The number of amides is 1. The van der Waals surface area contributed by atoms with Crippen LogP contribution in [0, 0.1) is 11.3 Å². The van der Waals surface area contributed by atoms with Crippen LogP contribution < -0.4 is 25.7 Å². The third kappa shape index (κ3) is 7.33. The lowest BCUT2D eigenvalue weighted by molar-refractivity contribution is -0.123. The Morgan fingerprint density at radius 1 is 1.18 bits per heavy atom. The molecule has 1 heterocycles. The number of carbonyl (C=O) groups excluding carboxylic acids is 1. The van der Waals surface area contributed by atoms with Crippen LogP contribution in [0.4, 0.5) is 0 Å². The number of para-hydroxylation sites is 1. The normalized spacial score (nSPS) is 12.1. The molecular formula is C25H28N4O5. The number of nitrogens with one attached hydrogen (secondary N) is 3. The number of ether oxygens (including phenoxy) is 2. The number of hydrogen-bond donors (Lipinski definition) is 4. The predicted octanol–water partition coefficient (Wildman–Crippen LogP) is 1.70. The number of pyridine rings is 1.